The van der Waals surface area contributed by atoms with E-state index in [0.717, 1.165) is 18.2 Å². The number of hydrogen-bond acceptors (Lipinski definition) is 7. The molecule has 5 aromatic rings. The molecule has 0 spiro atoms. The molecule has 0 aliphatic heterocycles. The SMILES string of the molecule is Oc1c(F)c(F)c(O)c(F)c1F.[C-]#[N+]c1c(F)c(F)c(F)c(F)c1[N+]#[C-].[C-]#[N+]c1c(F)c(F)c(Oc2c(F)c(F)c(Oc3c(F)c(F)c(C#N)c(C#N)c3F)c(F)c2F)c(F)c1C#N. The molecule has 0 aliphatic rings. The van der Waals surface area contributed by atoms with Crippen LogP contribution < -0.4 is 9.47 Å². The third-order valence-corrected chi connectivity index (χ3v) is 7.23. The van der Waals surface area contributed by atoms with Crippen molar-refractivity contribution in [3.05, 3.63) is 156 Å². The first-order chi connectivity index (χ1) is 29.9. The van der Waals surface area contributed by atoms with Crippen molar-refractivity contribution in [1.82, 2.24) is 0 Å². The number of nitrogens with zero attached hydrogens (tertiary/aromatic N) is 6. The summed E-state index contributed by atoms with van der Waals surface area (Å²) in [6.07, 6.45) is 0. The van der Waals surface area contributed by atoms with Gasteiger partial charge < -0.3 is 19.7 Å². The number of nitriles is 3. The Kier molecular flexibility index (Phi) is 14.8. The summed E-state index contributed by atoms with van der Waals surface area (Å²) in [5.74, 6) is -52.9. The minimum Gasteiger partial charge on any atom is -0.503 e. The molecule has 2 N–H and O–H groups in total. The molecule has 0 saturated heterocycles. The molecule has 0 radical (unpaired) electrons. The third-order valence-electron chi connectivity index (χ3n) is 7.23. The molecule has 0 unspecified atom stereocenters. The lowest BCUT2D eigenvalue weighted by molar-refractivity contribution is 0.304. The van der Waals surface area contributed by atoms with E-state index in [1.807, 2.05) is 0 Å². The Labute approximate surface area is 340 Å². The van der Waals surface area contributed by atoms with E-state index in [-0.39, 0.29) is 0 Å². The highest BCUT2D eigenvalue weighted by molar-refractivity contribution is 5.72. The molecule has 326 valence electrons. The predicted molar refractivity (Wildman–Crippen MR) is 168 cm³/mol. The van der Waals surface area contributed by atoms with E-state index in [1.165, 1.54) is 0 Å². The topological polar surface area (TPSA) is 143 Å². The summed E-state index contributed by atoms with van der Waals surface area (Å²) in [6, 6.07) is 2.85. The summed E-state index contributed by atoms with van der Waals surface area (Å²) < 4.78 is 251. The number of aromatic hydroxyl groups is 2. The number of benzene rings is 5. The van der Waals surface area contributed by atoms with Crippen molar-refractivity contribution >= 4 is 17.1 Å². The van der Waals surface area contributed by atoms with Crippen LogP contribution in [0.4, 0.5) is 96.1 Å². The summed E-state index contributed by atoms with van der Waals surface area (Å²) in [7, 11) is 0. The van der Waals surface area contributed by atoms with E-state index in [1.54, 1.807) is 0 Å². The lowest BCUT2D eigenvalue weighted by Gasteiger charge is -2.16. The van der Waals surface area contributed by atoms with E-state index < -0.39 is 173 Å². The molecule has 0 aromatic heterocycles. The zero-order valence-corrected chi connectivity index (χ0v) is 29.2. The van der Waals surface area contributed by atoms with Crippen molar-refractivity contribution < 1.29 is 98.7 Å². The average molecular weight is 924 g/mol. The van der Waals surface area contributed by atoms with Gasteiger partial charge in [-0.25, -0.2) is 54.0 Å². The van der Waals surface area contributed by atoms with Crippen LogP contribution in [0.15, 0.2) is 0 Å². The highest BCUT2D eigenvalue weighted by atomic mass is 19.2. The van der Waals surface area contributed by atoms with Crippen molar-refractivity contribution in [3.8, 4) is 52.7 Å². The smallest absolute Gasteiger partial charge is 0.245 e. The van der Waals surface area contributed by atoms with Gasteiger partial charge in [0.05, 0.1) is 25.8 Å². The number of halogens is 18. The molecule has 0 aliphatic carbocycles. The van der Waals surface area contributed by atoms with Crippen LogP contribution in [0.2, 0.25) is 0 Å². The molecular weight excluding hydrogens is 922 g/mol. The number of phenols is 2. The molecule has 5 rings (SSSR count). The van der Waals surface area contributed by atoms with E-state index in [2.05, 4.69) is 24.0 Å². The van der Waals surface area contributed by atoms with Crippen LogP contribution in [-0.4, -0.2) is 10.2 Å². The zero-order chi connectivity index (χ0) is 49.0. The maximum absolute atomic E-state index is 14.5. The van der Waals surface area contributed by atoms with Gasteiger partial charge in [0.2, 0.25) is 92.4 Å². The second-order valence-electron chi connectivity index (χ2n) is 10.7. The van der Waals surface area contributed by atoms with Crippen LogP contribution in [0.1, 0.15) is 16.7 Å². The Hall–Kier alpha value is -9.02. The quantitative estimate of drug-likeness (QED) is 0.0600. The van der Waals surface area contributed by atoms with Crippen LogP contribution in [0.5, 0.6) is 34.5 Å². The Morgan fingerprint density at radius 2 is 0.547 bits per heavy atom. The van der Waals surface area contributed by atoms with Crippen molar-refractivity contribution in [1.29, 1.82) is 15.8 Å². The molecule has 0 heterocycles. The third kappa shape index (κ3) is 8.34. The van der Waals surface area contributed by atoms with Crippen LogP contribution in [0.3, 0.4) is 0 Å². The molecule has 10 nitrogen and oxygen atoms in total. The average Bonchev–Trinajstić information content (AvgIpc) is 3.28. The second-order valence-corrected chi connectivity index (χ2v) is 10.7. The number of phenolic OH excluding ortho intramolecular Hbond substituents is 2. The van der Waals surface area contributed by atoms with Gasteiger partial charge in [0, 0.05) is 0 Å². The fourth-order valence-electron chi connectivity index (χ4n) is 4.26. The Morgan fingerprint density at radius 1 is 0.312 bits per heavy atom. The highest BCUT2D eigenvalue weighted by Gasteiger charge is 2.35. The van der Waals surface area contributed by atoms with Gasteiger partial charge in [-0.3, -0.25) is 0 Å². The summed E-state index contributed by atoms with van der Waals surface area (Å²) in [6.45, 7) is 19.4. The Bertz CT molecular complexity index is 2800. The van der Waals surface area contributed by atoms with Gasteiger partial charge in [0.1, 0.15) is 28.8 Å². The van der Waals surface area contributed by atoms with Crippen LogP contribution >= 0.6 is 0 Å². The van der Waals surface area contributed by atoms with Crippen molar-refractivity contribution in [2.24, 2.45) is 0 Å². The van der Waals surface area contributed by atoms with Gasteiger partial charge in [0.25, 0.3) is 0 Å². The molecule has 5 aromatic carbocycles. The first kappa shape index (κ1) is 49.3. The van der Waals surface area contributed by atoms with Gasteiger partial charge >= 0.3 is 0 Å². The first-order valence-corrected chi connectivity index (χ1v) is 14.9. The zero-order valence-electron chi connectivity index (χ0n) is 29.2. The summed E-state index contributed by atoms with van der Waals surface area (Å²) in [4.78, 5) is 7.21. The molecule has 0 fully saturated rings. The largest absolute Gasteiger partial charge is 0.503 e. The fraction of sp³-hybridized carbons (Fsp3) is 0. The van der Waals surface area contributed by atoms with Crippen molar-refractivity contribution in [2.75, 3.05) is 0 Å². The molecular formula is C36H2F18N6O4. The predicted octanol–water partition coefficient (Wildman–Crippen LogP) is 11.8. The summed E-state index contributed by atoms with van der Waals surface area (Å²) >= 11 is 0. The van der Waals surface area contributed by atoms with Gasteiger partial charge in [-0.2, -0.15) is 55.3 Å². The molecule has 0 bridgehead atoms. The number of ether oxygens (including phenoxy) is 2. The normalized spacial score (nSPS) is 10.1. The molecule has 0 atom stereocenters. The van der Waals surface area contributed by atoms with Gasteiger partial charge in [-0.05, 0) is 0 Å². The summed E-state index contributed by atoms with van der Waals surface area (Å²) in [5.41, 5.74) is -8.26. The van der Waals surface area contributed by atoms with E-state index >= 15 is 0 Å². The Morgan fingerprint density at radius 3 is 0.844 bits per heavy atom. The number of rotatable bonds is 4. The van der Waals surface area contributed by atoms with Gasteiger partial charge in [-0.15, -0.1) is 0 Å². The number of hydrogen-bond donors (Lipinski definition) is 2. The molecule has 28 heteroatoms. The van der Waals surface area contributed by atoms with Gasteiger partial charge in [0.15, 0.2) is 63.9 Å². The fourth-order valence-corrected chi connectivity index (χ4v) is 4.26. The maximum atomic E-state index is 14.5. The lowest BCUT2D eigenvalue weighted by atomic mass is 10.1. The Balaban J connectivity index is 0.000000338. The van der Waals surface area contributed by atoms with Crippen LogP contribution in [0, 0.1) is 158 Å². The minimum atomic E-state index is -2.69. The lowest BCUT2D eigenvalue weighted by Crippen LogP contribution is -2.09. The summed E-state index contributed by atoms with van der Waals surface area (Å²) in [5, 5.41) is 43.1. The van der Waals surface area contributed by atoms with Crippen LogP contribution in [0.25, 0.3) is 14.5 Å². The maximum Gasteiger partial charge on any atom is 0.245 e. The first-order valence-electron chi connectivity index (χ1n) is 14.9. The van der Waals surface area contributed by atoms with E-state index in [9.17, 15) is 79.0 Å². The van der Waals surface area contributed by atoms with E-state index in [0.29, 0.717) is 0 Å². The van der Waals surface area contributed by atoms with Gasteiger partial charge in [-0.1, -0.05) is 0 Å². The monoisotopic (exact) mass is 924 g/mol. The van der Waals surface area contributed by atoms with Crippen molar-refractivity contribution in [3.63, 3.8) is 0 Å². The molecule has 0 amide bonds. The molecule has 64 heavy (non-hydrogen) atoms. The standard InChI is InChI=1S/C22F10N4O2.C8F4N2.C6H2F4O2/c1-36-18-7(4-35)10(25)20(13(28)11(18)26)38-22-16(31)14(29)21(15(30)17(22)32)37-19-9(24)6(3-34)5(2-33)8(23)12(19)27;1-13-7-5(11)3(9)4(10)6(12)8(7)14-2;7-1-2(8)6(12)4(10)3(9)5(1)11/h;;11-12H. The van der Waals surface area contributed by atoms with E-state index in [4.69, 9.17) is 45.7 Å². The minimum absolute atomic E-state index is 0.945. The van der Waals surface area contributed by atoms with Crippen LogP contribution in [-0.2, 0) is 0 Å². The van der Waals surface area contributed by atoms with Crippen molar-refractivity contribution in [2.45, 2.75) is 0 Å². The second kappa shape index (κ2) is 19.1. The highest BCUT2D eigenvalue weighted by Crippen LogP contribution is 2.44. The molecule has 0 saturated carbocycles.